The topological polar surface area (TPSA) is 18.5 Å². The summed E-state index contributed by atoms with van der Waals surface area (Å²) < 4.78 is 10.7. The lowest BCUT2D eigenvalue weighted by molar-refractivity contribution is 0.0488. The molecular formula is C13H16O2. The molecule has 0 bridgehead atoms. The maximum absolute atomic E-state index is 5.47. The quantitative estimate of drug-likeness (QED) is 0.737. The first kappa shape index (κ1) is 10.2. The molecule has 1 unspecified atom stereocenters. The highest BCUT2D eigenvalue weighted by Crippen LogP contribution is 2.30. The Morgan fingerprint density at radius 2 is 2.07 bits per heavy atom. The third-order valence-electron chi connectivity index (χ3n) is 2.98. The normalized spacial score (nSPS) is 23.7. The SMILES string of the molecule is COc1ccc2c(c1)C=CC(C)(OC)C2. The molecule has 0 spiro atoms. The summed E-state index contributed by atoms with van der Waals surface area (Å²) in [6.45, 7) is 2.09. The molecule has 2 rings (SSSR count). The van der Waals surface area contributed by atoms with Gasteiger partial charge in [0.15, 0.2) is 0 Å². The van der Waals surface area contributed by atoms with Crippen molar-refractivity contribution in [2.24, 2.45) is 0 Å². The van der Waals surface area contributed by atoms with Gasteiger partial charge in [-0.2, -0.15) is 0 Å². The fraction of sp³-hybridized carbons (Fsp3) is 0.385. The largest absolute Gasteiger partial charge is 0.497 e. The zero-order valence-corrected chi connectivity index (χ0v) is 9.41. The molecule has 0 saturated heterocycles. The molecule has 0 N–H and O–H groups in total. The Kier molecular flexibility index (Phi) is 2.53. The molecule has 0 amide bonds. The molecule has 0 radical (unpaired) electrons. The molecule has 1 atom stereocenters. The number of ether oxygens (including phenoxy) is 2. The maximum Gasteiger partial charge on any atom is 0.119 e. The van der Waals surface area contributed by atoms with Gasteiger partial charge in [-0.25, -0.2) is 0 Å². The summed E-state index contributed by atoms with van der Waals surface area (Å²) in [5.74, 6) is 0.902. The second-order valence-electron chi connectivity index (χ2n) is 4.09. The fourth-order valence-corrected chi connectivity index (χ4v) is 1.86. The van der Waals surface area contributed by atoms with Crippen molar-refractivity contribution in [1.29, 1.82) is 0 Å². The van der Waals surface area contributed by atoms with Crippen molar-refractivity contribution in [3.63, 3.8) is 0 Å². The van der Waals surface area contributed by atoms with Crippen molar-refractivity contribution in [2.75, 3.05) is 14.2 Å². The molecule has 2 heteroatoms. The molecular weight excluding hydrogens is 188 g/mol. The highest BCUT2D eigenvalue weighted by Gasteiger charge is 2.25. The second kappa shape index (κ2) is 3.70. The molecule has 15 heavy (non-hydrogen) atoms. The number of rotatable bonds is 2. The number of hydrogen-bond acceptors (Lipinski definition) is 2. The Morgan fingerprint density at radius 3 is 2.73 bits per heavy atom. The van der Waals surface area contributed by atoms with Gasteiger partial charge in [-0.05, 0) is 30.2 Å². The van der Waals surface area contributed by atoms with Gasteiger partial charge in [-0.1, -0.05) is 18.2 Å². The Labute approximate surface area is 90.5 Å². The zero-order chi connectivity index (χ0) is 10.9. The molecule has 1 aromatic rings. The number of methoxy groups -OCH3 is 2. The average Bonchev–Trinajstić information content (AvgIpc) is 2.28. The first-order valence-electron chi connectivity index (χ1n) is 5.08. The lowest BCUT2D eigenvalue weighted by atomic mass is 9.87. The van der Waals surface area contributed by atoms with Crippen LogP contribution in [-0.4, -0.2) is 19.8 Å². The van der Waals surface area contributed by atoms with Gasteiger partial charge in [0.1, 0.15) is 5.75 Å². The van der Waals surface area contributed by atoms with Crippen molar-refractivity contribution < 1.29 is 9.47 Å². The van der Waals surface area contributed by atoms with E-state index in [0.717, 1.165) is 12.2 Å². The van der Waals surface area contributed by atoms with Crippen LogP contribution < -0.4 is 4.74 Å². The van der Waals surface area contributed by atoms with E-state index in [1.54, 1.807) is 14.2 Å². The van der Waals surface area contributed by atoms with Crippen molar-refractivity contribution >= 4 is 6.08 Å². The minimum atomic E-state index is -0.165. The fourth-order valence-electron chi connectivity index (χ4n) is 1.86. The minimum Gasteiger partial charge on any atom is -0.497 e. The van der Waals surface area contributed by atoms with Gasteiger partial charge < -0.3 is 9.47 Å². The van der Waals surface area contributed by atoms with Crippen LogP contribution in [0.15, 0.2) is 24.3 Å². The van der Waals surface area contributed by atoms with Gasteiger partial charge in [0, 0.05) is 13.5 Å². The first-order chi connectivity index (χ1) is 7.17. The Hall–Kier alpha value is -1.28. The maximum atomic E-state index is 5.47. The van der Waals surface area contributed by atoms with Crippen molar-refractivity contribution in [1.82, 2.24) is 0 Å². The zero-order valence-electron chi connectivity index (χ0n) is 9.41. The molecule has 1 aliphatic carbocycles. The molecule has 0 aliphatic heterocycles. The second-order valence-corrected chi connectivity index (χ2v) is 4.09. The molecule has 0 heterocycles. The highest BCUT2D eigenvalue weighted by atomic mass is 16.5. The van der Waals surface area contributed by atoms with E-state index in [0.29, 0.717) is 0 Å². The molecule has 80 valence electrons. The summed E-state index contributed by atoms with van der Waals surface area (Å²) in [7, 11) is 3.44. The summed E-state index contributed by atoms with van der Waals surface area (Å²) in [6.07, 6.45) is 5.12. The molecule has 0 fully saturated rings. The minimum absolute atomic E-state index is 0.165. The average molecular weight is 204 g/mol. The van der Waals surface area contributed by atoms with Crippen LogP contribution in [0.2, 0.25) is 0 Å². The van der Waals surface area contributed by atoms with Gasteiger partial charge in [0.25, 0.3) is 0 Å². The van der Waals surface area contributed by atoms with E-state index < -0.39 is 0 Å². The monoisotopic (exact) mass is 204 g/mol. The number of benzene rings is 1. The number of fused-ring (bicyclic) bond motifs is 1. The summed E-state index contributed by atoms with van der Waals surface area (Å²) in [5, 5.41) is 0. The lowest BCUT2D eigenvalue weighted by Gasteiger charge is -2.28. The third kappa shape index (κ3) is 1.90. The van der Waals surface area contributed by atoms with Gasteiger partial charge in [0.2, 0.25) is 0 Å². The molecule has 1 aromatic carbocycles. The van der Waals surface area contributed by atoms with E-state index in [2.05, 4.69) is 31.2 Å². The van der Waals surface area contributed by atoms with Crippen LogP contribution >= 0.6 is 0 Å². The van der Waals surface area contributed by atoms with E-state index in [4.69, 9.17) is 9.47 Å². The van der Waals surface area contributed by atoms with E-state index >= 15 is 0 Å². The molecule has 2 nitrogen and oxygen atoms in total. The molecule has 1 aliphatic rings. The predicted molar refractivity (Wildman–Crippen MR) is 61.1 cm³/mol. The van der Waals surface area contributed by atoms with Gasteiger partial charge in [-0.3, -0.25) is 0 Å². The van der Waals surface area contributed by atoms with Crippen molar-refractivity contribution in [2.45, 2.75) is 18.9 Å². The lowest BCUT2D eigenvalue weighted by Crippen LogP contribution is -2.29. The van der Waals surface area contributed by atoms with E-state index in [1.807, 2.05) is 6.07 Å². The van der Waals surface area contributed by atoms with Gasteiger partial charge in [0.05, 0.1) is 12.7 Å². The van der Waals surface area contributed by atoms with Crippen LogP contribution in [0.4, 0.5) is 0 Å². The van der Waals surface area contributed by atoms with Crippen LogP contribution in [0.5, 0.6) is 5.75 Å². The van der Waals surface area contributed by atoms with Crippen LogP contribution in [0.1, 0.15) is 18.1 Å². The van der Waals surface area contributed by atoms with Crippen LogP contribution in [-0.2, 0) is 11.2 Å². The van der Waals surface area contributed by atoms with E-state index in [9.17, 15) is 0 Å². The van der Waals surface area contributed by atoms with Crippen LogP contribution in [0.25, 0.3) is 6.08 Å². The number of hydrogen-bond donors (Lipinski definition) is 0. The Bertz CT molecular complexity index is 396. The first-order valence-corrected chi connectivity index (χ1v) is 5.08. The van der Waals surface area contributed by atoms with Crippen LogP contribution in [0, 0.1) is 0 Å². The van der Waals surface area contributed by atoms with E-state index in [1.165, 1.54) is 11.1 Å². The van der Waals surface area contributed by atoms with Gasteiger partial charge in [-0.15, -0.1) is 0 Å². The van der Waals surface area contributed by atoms with Gasteiger partial charge >= 0.3 is 0 Å². The standard InChI is InChI=1S/C13H16O2/c1-13(15-3)7-6-10-8-12(14-2)5-4-11(10)9-13/h4-8H,9H2,1-3H3. The van der Waals surface area contributed by atoms with Crippen molar-refractivity contribution in [3.05, 3.63) is 35.4 Å². The molecule has 0 saturated carbocycles. The van der Waals surface area contributed by atoms with E-state index in [-0.39, 0.29) is 5.60 Å². The van der Waals surface area contributed by atoms with Crippen molar-refractivity contribution in [3.8, 4) is 5.75 Å². The summed E-state index contributed by atoms with van der Waals surface area (Å²) in [5.41, 5.74) is 2.37. The predicted octanol–water partition coefficient (Wildman–Crippen LogP) is 2.67. The highest BCUT2D eigenvalue weighted by molar-refractivity contribution is 5.60. The third-order valence-corrected chi connectivity index (χ3v) is 2.98. The Morgan fingerprint density at radius 1 is 1.27 bits per heavy atom. The Balaban J connectivity index is 2.36. The summed E-state index contributed by atoms with van der Waals surface area (Å²) >= 11 is 0. The summed E-state index contributed by atoms with van der Waals surface area (Å²) in [6, 6.07) is 6.16. The van der Waals surface area contributed by atoms with Crippen LogP contribution in [0.3, 0.4) is 0 Å². The smallest absolute Gasteiger partial charge is 0.119 e. The molecule has 0 aromatic heterocycles. The summed E-state index contributed by atoms with van der Waals surface area (Å²) in [4.78, 5) is 0.